The molecule has 5 heteroatoms. The van der Waals surface area contributed by atoms with Gasteiger partial charge in [-0.2, -0.15) is 0 Å². The van der Waals surface area contributed by atoms with Gasteiger partial charge in [0.2, 0.25) is 0 Å². The predicted molar refractivity (Wildman–Crippen MR) is 124 cm³/mol. The fourth-order valence-electron chi connectivity index (χ4n) is 3.34. The van der Waals surface area contributed by atoms with E-state index in [-0.39, 0.29) is 5.97 Å². The van der Waals surface area contributed by atoms with Gasteiger partial charge in [-0.1, -0.05) is 90.4 Å². The standard InChI is InChI=1S/C25H50O5/c1-3-4-5-6-7-8-9-10-11-12-13-14-15-16-20-30-25(26)18-17-19-28-23-24-29-22-21-27-2/h3-24H2,1-2H3. The second-order valence-corrected chi connectivity index (χ2v) is 8.14. The fourth-order valence-corrected chi connectivity index (χ4v) is 3.34. The van der Waals surface area contributed by atoms with Crippen LogP contribution in [0.4, 0.5) is 0 Å². The zero-order valence-electron chi connectivity index (χ0n) is 20.1. The van der Waals surface area contributed by atoms with Crippen molar-refractivity contribution in [3.05, 3.63) is 0 Å². The Balaban J connectivity index is 3.12. The molecule has 0 spiro atoms. The van der Waals surface area contributed by atoms with Crippen molar-refractivity contribution in [2.75, 3.05) is 46.8 Å². The van der Waals surface area contributed by atoms with Gasteiger partial charge in [0, 0.05) is 20.1 Å². The third-order valence-corrected chi connectivity index (χ3v) is 5.23. The van der Waals surface area contributed by atoms with E-state index in [1.54, 1.807) is 7.11 Å². The van der Waals surface area contributed by atoms with Crippen LogP contribution in [0.15, 0.2) is 0 Å². The predicted octanol–water partition coefficient (Wildman–Crippen LogP) is 6.47. The van der Waals surface area contributed by atoms with Gasteiger partial charge in [0.15, 0.2) is 0 Å². The molecule has 0 radical (unpaired) electrons. The number of unbranched alkanes of at least 4 members (excludes halogenated alkanes) is 13. The molecule has 30 heavy (non-hydrogen) atoms. The van der Waals surface area contributed by atoms with Gasteiger partial charge < -0.3 is 18.9 Å². The molecule has 0 N–H and O–H groups in total. The lowest BCUT2D eigenvalue weighted by molar-refractivity contribution is -0.144. The lowest BCUT2D eigenvalue weighted by atomic mass is 10.0. The van der Waals surface area contributed by atoms with Crippen LogP contribution in [-0.4, -0.2) is 52.7 Å². The van der Waals surface area contributed by atoms with Crippen molar-refractivity contribution in [2.24, 2.45) is 0 Å². The molecule has 0 aliphatic rings. The molecule has 180 valence electrons. The van der Waals surface area contributed by atoms with E-state index >= 15 is 0 Å². The molecule has 5 nitrogen and oxygen atoms in total. The number of carbonyl (C=O) groups excluding carboxylic acids is 1. The van der Waals surface area contributed by atoms with Crippen LogP contribution in [0.25, 0.3) is 0 Å². The van der Waals surface area contributed by atoms with Gasteiger partial charge in [-0.3, -0.25) is 4.79 Å². The fraction of sp³-hybridized carbons (Fsp3) is 0.960. The van der Waals surface area contributed by atoms with Crippen molar-refractivity contribution >= 4 is 5.97 Å². The van der Waals surface area contributed by atoms with Crippen LogP contribution < -0.4 is 0 Å². The summed E-state index contributed by atoms with van der Waals surface area (Å²) in [6.07, 6.45) is 19.8. The number of esters is 1. The van der Waals surface area contributed by atoms with E-state index < -0.39 is 0 Å². The smallest absolute Gasteiger partial charge is 0.305 e. The van der Waals surface area contributed by atoms with Crippen molar-refractivity contribution in [3.63, 3.8) is 0 Å². The molecule has 0 unspecified atom stereocenters. The molecule has 0 saturated carbocycles. The van der Waals surface area contributed by atoms with E-state index in [4.69, 9.17) is 18.9 Å². The van der Waals surface area contributed by atoms with Crippen LogP contribution in [0.1, 0.15) is 110 Å². The van der Waals surface area contributed by atoms with Gasteiger partial charge in [-0.05, 0) is 12.8 Å². The molecule has 0 aliphatic heterocycles. The lowest BCUT2D eigenvalue weighted by Gasteiger charge is -2.07. The third-order valence-electron chi connectivity index (χ3n) is 5.23. The Hall–Kier alpha value is -0.650. The summed E-state index contributed by atoms with van der Waals surface area (Å²) >= 11 is 0. The molecule has 0 saturated heterocycles. The molecular weight excluding hydrogens is 380 g/mol. The molecule has 0 rings (SSSR count). The Kier molecular flexibility index (Phi) is 25.8. The summed E-state index contributed by atoms with van der Waals surface area (Å²) in [5.74, 6) is -0.107. The first-order chi connectivity index (χ1) is 14.8. The highest BCUT2D eigenvalue weighted by Crippen LogP contribution is 2.13. The van der Waals surface area contributed by atoms with Crippen LogP contribution >= 0.6 is 0 Å². The first-order valence-corrected chi connectivity index (χ1v) is 12.6. The van der Waals surface area contributed by atoms with Crippen LogP contribution in [0, 0.1) is 0 Å². The molecule has 0 aliphatic carbocycles. The largest absolute Gasteiger partial charge is 0.466 e. The second kappa shape index (κ2) is 26.4. The SMILES string of the molecule is CCCCCCCCCCCCCCCCOC(=O)CCCOCCOCCOC. The molecule has 0 bridgehead atoms. The van der Waals surface area contributed by atoms with E-state index in [9.17, 15) is 4.79 Å². The summed E-state index contributed by atoms with van der Waals surface area (Å²) in [6.45, 7) is 5.71. The van der Waals surface area contributed by atoms with Crippen molar-refractivity contribution in [1.82, 2.24) is 0 Å². The minimum atomic E-state index is -0.107. The number of carbonyl (C=O) groups is 1. The quantitative estimate of drug-likeness (QED) is 0.123. The molecular formula is C25H50O5. The molecule has 0 amide bonds. The number of hydrogen-bond acceptors (Lipinski definition) is 5. The van der Waals surface area contributed by atoms with Crippen molar-refractivity contribution in [1.29, 1.82) is 0 Å². The van der Waals surface area contributed by atoms with Crippen LogP contribution in [0.5, 0.6) is 0 Å². The number of ether oxygens (including phenoxy) is 4. The van der Waals surface area contributed by atoms with Gasteiger partial charge in [-0.25, -0.2) is 0 Å². The van der Waals surface area contributed by atoms with E-state index in [1.165, 1.54) is 77.0 Å². The van der Waals surface area contributed by atoms with Crippen molar-refractivity contribution in [2.45, 2.75) is 110 Å². The van der Waals surface area contributed by atoms with E-state index in [1.807, 2.05) is 0 Å². The Morgan fingerprint density at radius 2 is 1.00 bits per heavy atom. The summed E-state index contributed by atoms with van der Waals surface area (Å²) in [5.41, 5.74) is 0. The maximum Gasteiger partial charge on any atom is 0.305 e. The summed E-state index contributed by atoms with van der Waals surface area (Å²) in [4.78, 5) is 11.7. The average molecular weight is 431 g/mol. The van der Waals surface area contributed by atoms with Crippen molar-refractivity contribution in [3.8, 4) is 0 Å². The summed E-state index contributed by atoms with van der Waals surface area (Å²) in [5, 5.41) is 0. The summed E-state index contributed by atoms with van der Waals surface area (Å²) in [6, 6.07) is 0. The van der Waals surface area contributed by atoms with Gasteiger partial charge in [-0.15, -0.1) is 0 Å². The number of rotatable bonds is 25. The Bertz CT molecular complexity index is 336. The van der Waals surface area contributed by atoms with Gasteiger partial charge in [0.1, 0.15) is 0 Å². The highest BCUT2D eigenvalue weighted by atomic mass is 16.5. The first-order valence-electron chi connectivity index (χ1n) is 12.6. The lowest BCUT2D eigenvalue weighted by Crippen LogP contribution is -2.10. The third kappa shape index (κ3) is 25.4. The summed E-state index contributed by atoms with van der Waals surface area (Å²) < 4.78 is 20.9. The minimum Gasteiger partial charge on any atom is -0.466 e. The maximum absolute atomic E-state index is 11.7. The van der Waals surface area contributed by atoms with Crippen LogP contribution in [0.2, 0.25) is 0 Å². The average Bonchev–Trinajstić information content (AvgIpc) is 2.75. The Labute approximate surface area is 186 Å². The van der Waals surface area contributed by atoms with Crippen LogP contribution in [0.3, 0.4) is 0 Å². The molecule has 0 fully saturated rings. The van der Waals surface area contributed by atoms with Gasteiger partial charge in [0.25, 0.3) is 0 Å². The number of methoxy groups -OCH3 is 1. The van der Waals surface area contributed by atoms with Crippen LogP contribution in [-0.2, 0) is 23.7 Å². The number of hydrogen-bond donors (Lipinski definition) is 0. The monoisotopic (exact) mass is 430 g/mol. The van der Waals surface area contributed by atoms with Crippen molar-refractivity contribution < 1.29 is 23.7 Å². The zero-order valence-corrected chi connectivity index (χ0v) is 20.1. The Morgan fingerprint density at radius 1 is 0.533 bits per heavy atom. The highest BCUT2D eigenvalue weighted by molar-refractivity contribution is 5.69. The van der Waals surface area contributed by atoms with E-state index in [0.717, 1.165) is 12.8 Å². The summed E-state index contributed by atoms with van der Waals surface area (Å²) in [7, 11) is 1.65. The van der Waals surface area contributed by atoms with E-state index in [0.29, 0.717) is 52.5 Å². The second-order valence-electron chi connectivity index (χ2n) is 8.14. The van der Waals surface area contributed by atoms with E-state index in [2.05, 4.69) is 6.92 Å². The molecule has 0 aromatic carbocycles. The maximum atomic E-state index is 11.7. The van der Waals surface area contributed by atoms with Gasteiger partial charge in [0.05, 0.1) is 33.0 Å². The normalized spacial score (nSPS) is 11.1. The molecule has 0 heterocycles. The molecule has 0 atom stereocenters. The topological polar surface area (TPSA) is 54.0 Å². The molecule has 0 aromatic heterocycles. The molecule has 0 aromatic rings. The highest BCUT2D eigenvalue weighted by Gasteiger charge is 2.02. The first kappa shape index (κ1) is 29.4. The zero-order chi connectivity index (χ0) is 22.0. The van der Waals surface area contributed by atoms with Gasteiger partial charge >= 0.3 is 5.97 Å². The minimum absolute atomic E-state index is 0.107. The Morgan fingerprint density at radius 3 is 1.53 bits per heavy atom.